The van der Waals surface area contributed by atoms with E-state index in [1.54, 1.807) is 6.07 Å². The zero-order chi connectivity index (χ0) is 12.7. The van der Waals surface area contributed by atoms with Crippen LogP contribution in [0, 0.1) is 10.5 Å². The summed E-state index contributed by atoms with van der Waals surface area (Å²) in [6.07, 6.45) is 0. The van der Waals surface area contributed by atoms with E-state index in [4.69, 9.17) is 11.6 Å². The molecular formula is C12H8ClIN4. The number of halogens is 2. The highest BCUT2D eigenvalue weighted by atomic mass is 127. The van der Waals surface area contributed by atoms with E-state index in [9.17, 15) is 0 Å². The predicted molar refractivity (Wildman–Crippen MR) is 78.7 cm³/mol. The molecule has 0 fully saturated rings. The van der Waals surface area contributed by atoms with Gasteiger partial charge in [0.15, 0.2) is 11.5 Å². The molecule has 0 bridgehead atoms. The van der Waals surface area contributed by atoms with Crippen LogP contribution in [-0.4, -0.2) is 19.6 Å². The third kappa shape index (κ3) is 1.97. The molecule has 0 spiro atoms. The van der Waals surface area contributed by atoms with Crippen LogP contribution >= 0.6 is 34.2 Å². The second-order valence-corrected chi connectivity index (χ2v) is 5.48. The summed E-state index contributed by atoms with van der Waals surface area (Å²) in [4.78, 5) is 4.22. The normalized spacial score (nSPS) is 11.1. The smallest absolute Gasteiger partial charge is 0.169 e. The summed E-state index contributed by atoms with van der Waals surface area (Å²) in [5.41, 5.74) is 1.72. The van der Waals surface area contributed by atoms with Crippen LogP contribution < -0.4 is 0 Å². The van der Waals surface area contributed by atoms with Crippen LogP contribution in [0.25, 0.3) is 17.0 Å². The van der Waals surface area contributed by atoms with Gasteiger partial charge < -0.3 is 0 Å². The molecule has 4 nitrogen and oxygen atoms in total. The number of aromatic nitrogens is 4. The van der Waals surface area contributed by atoms with Crippen LogP contribution in [0.5, 0.6) is 0 Å². The first-order valence-electron chi connectivity index (χ1n) is 5.29. The summed E-state index contributed by atoms with van der Waals surface area (Å²) >= 11 is 8.18. The minimum absolute atomic E-state index is 0.432. The molecule has 0 saturated heterocycles. The minimum atomic E-state index is 0.432. The maximum absolute atomic E-state index is 5.91. The van der Waals surface area contributed by atoms with Crippen molar-refractivity contribution in [3.63, 3.8) is 0 Å². The zero-order valence-electron chi connectivity index (χ0n) is 9.43. The Morgan fingerprint density at radius 1 is 1.17 bits per heavy atom. The highest BCUT2D eigenvalue weighted by Gasteiger charge is 2.11. The van der Waals surface area contributed by atoms with Crippen molar-refractivity contribution in [1.82, 2.24) is 19.6 Å². The highest BCUT2D eigenvalue weighted by molar-refractivity contribution is 14.1. The molecular weight excluding hydrogens is 363 g/mol. The molecule has 0 aliphatic carbocycles. The lowest BCUT2D eigenvalue weighted by Crippen LogP contribution is -1.97. The summed E-state index contributed by atoms with van der Waals surface area (Å²) in [7, 11) is 0. The van der Waals surface area contributed by atoms with Gasteiger partial charge in [0, 0.05) is 15.2 Å². The van der Waals surface area contributed by atoms with E-state index < -0.39 is 0 Å². The van der Waals surface area contributed by atoms with Crippen molar-refractivity contribution >= 4 is 39.8 Å². The molecule has 90 valence electrons. The van der Waals surface area contributed by atoms with E-state index >= 15 is 0 Å². The third-order valence-electron chi connectivity index (χ3n) is 2.63. The molecule has 2 aromatic heterocycles. The van der Waals surface area contributed by atoms with Crippen LogP contribution in [-0.2, 0) is 0 Å². The fourth-order valence-electron chi connectivity index (χ4n) is 1.84. The molecule has 0 unspecified atom stereocenters. The first-order valence-corrected chi connectivity index (χ1v) is 6.75. The fourth-order valence-corrected chi connectivity index (χ4v) is 2.42. The van der Waals surface area contributed by atoms with Crippen LogP contribution in [0.3, 0.4) is 0 Å². The van der Waals surface area contributed by atoms with Gasteiger partial charge in [0.1, 0.15) is 11.0 Å². The van der Waals surface area contributed by atoms with Crippen molar-refractivity contribution in [2.24, 2.45) is 0 Å². The van der Waals surface area contributed by atoms with Crippen molar-refractivity contribution in [3.8, 4) is 11.4 Å². The van der Waals surface area contributed by atoms with Crippen molar-refractivity contribution in [1.29, 1.82) is 0 Å². The fraction of sp³-hybridized carbons (Fsp3) is 0.0833. The van der Waals surface area contributed by atoms with Crippen molar-refractivity contribution in [2.45, 2.75) is 6.92 Å². The molecule has 2 heterocycles. The van der Waals surface area contributed by atoms with Gasteiger partial charge in [0.2, 0.25) is 0 Å². The van der Waals surface area contributed by atoms with E-state index in [-0.39, 0.29) is 0 Å². The topological polar surface area (TPSA) is 43.1 Å². The van der Waals surface area contributed by atoms with Gasteiger partial charge in [-0.1, -0.05) is 23.7 Å². The summed E-state index contributed by atoms with van der Waals surface area (Å²) < 4.78 is 3.08. The minimum Gasteiger partial charge on any atom is -0.263 e. The molecule has 3 rings (SSSR count). The summed E-state index contributed by atoms with van der Waals surface area (Å²) in [5, 5.41) is 8.77. The summed E-state index contributed by atoms with van der Waals surface area (Å²) in [5.74, 6) is 1.55. The first kappa shape index (κ1) is 11.9. The maximum Gasteiger partial charge on any atom is 0.169 e. The van der Waals surface area contributed by atoms with Crippen LogP contribution in [0.2, 0.25) is 5.15 Å². The maximum atomic E-state index is 5.91. The Hall–Kier alpha value is -1.21. The van der Waals surface area contributed by atoms with Gasteiger partial charge in [-0.15, -0.1) is 10.2 Å². The Balaban J connectivity index is 2.27. The van der Waals surface area contributed by atoms with Gasteiger partial charge in [-0.3, -0.25) is 4.40 Å². The number of benzene rings is 1. The molecule has 0 radical (unpaired) electrons. The van der Waals surface area contributed by atoms with Gasteiger partial charge in [0.05, 0.1) is 0 Å². The van der Waals surface area contributed by atoms with Gasteiger partial charge in [-0.05, 0) is 41.6 Å². The van der Waals surface area contributed by atoms with Crippen LogP contribution in [0.15, 0.2) is 30.3 Å². The SMILES string of the molecule is Cc1nc(Cl)cc2nnc(-c3ccc(I)cc3)n12. The Bertz CT molecular complexity index is 721. The second-order valence-electron chi connectivity index (χ2n) is 3.85. The van der Waals surface area contributed by atoms with E-state index in [1.165, 1.54) is 3.57 Å². The number of hydrogen-bond acceptors (Lipinski definition) is 3. The van der Waals surface area contributed by atoms with Gasteiger partial charge >= 0.3 is 0 Å². The lowest BCUT2D eigenvalue weighted by atomic mass is 10.2. The molecule has 0 saturated carbocycles. The van der Waals surface area contributed by atoms with Gasteiger partial charge in [-0.2, -0.15) is 0 Å². The average Bonchev–Trinajstić information content (AvgIpc) is 2.74. The average molecular weight is 371 g/mol. The van der Waals surface area contributed by atoms with Crippen molar-refractivity contribution in [3.05, 3.63) is 44.9 Å². The molecule has 0 N–H and O–H groups in total. The van der Waals surface area contributed by atoms with Crippen molar-refractivity contribution in [2.75, 3.05) is 0 Å². The third-order valence-corrected chi connectivity index (χ3v) is 3.54. The van der Waals surface area contributed by atoms with E-state index in [1.807, 2.05) is 35.6 Å². The number of aryl methyl sites for hydroxylation is 1. The first-order chi connectivity index (χ1) is 8.65. The molecule has 0 aliphatic rings. The Kier molecular flexibility index (Phi) is 2.95. The van der Waals surface area contributed by atoms with Gasteiger partial charge in [0.25, 0.3) is 0 Å². The van der Waals surface area contributed by atoms with Gasteiger partial charge in [-0.25, -0.2) is 4.98 Å². The number of nitrogens with zero attached hydrogens (tertiary/aromatic N) is 4. The molecule has 0 atom stereocenters. The lowest BCUT2D eigenvalue weighted by molar-refractivity contribution is 0.988. The van der Waals surface area contributed by atoms with E-state index in [2.05, 4.69) is 37.8 Å². The molecule has 1 aromatic carbocycles. The highest BCUT2D eigenvalue weighted by Crippen LogP contribution is 2.21. The Labute approximate surface area is 122 Å². The molecule has 0 amide bonds. The quantitative estimate of drug-likeness (QED) is 0.487. The van der Waals surface area contributed by atoms with Crippen LogP contribution in [0.1, 0.15) is 5.82 Å². The van der Waals surface area contributed by atoms with Crippen LogP contribution in [0.4, 0.5) is 0 Å². The summed E-state index contributed by atoms with van der Waals surface area (Å²) in [6, 6.07) is 9.82. The second kappa shape index (κ2) is 4.47. The largest absolute Gasteiger partial charge is 0.263 e. The van der Waals surface area contributed by atoms with E-state index in [0.717, 1.165) is 17.2 Å². The standard InChI is InChI=1S/C12H8ClIN4/c1-7-15-10(13)6-11-16-17-12(18(7)11)8-2-4-9(14)5-3-8/h2-6H,1H3. The Morgan fingerprint density at radius 3 is 2.61 bits per heavy atom. The summed E-state index contributed by atoms with van der Waals surface area (Å²) in [6.45, 7) is 1.89. The molecule has 6 heteroatoms. The molecule has 18 heavy (non-hydrogen) atoms. The lowest BCUT2D eigenvalue weighted by Gasteiger charge is -2.03. The predicted octanol–water partition coefficient (Wildman–Crippen LogP) is 3.36. The zero-order valence-corrected chi connectivity index (χ0v) is 12.3. The number of fused-ring (bicyclic) bond motifs is 1. The molecule has 3 aromatic rings. The van der Waals surface area contributed by atoms with E-state index in [0.29, 0.717) is 10.8 Å². The van der Waals surface area contributed by atoms with Crippen molar-refractivity contribution < 1.29 is 0 Å². The number of rotatable bonds is 1. The molecule has 0 aliphatic heterocycles. The monoisotopic (exact) mass is 370 g/mol. The Morgan fingerprint density at radius 2 is 1.89 bits per heavy atom. The number of hydrogen-bond donors (Lipinski definition) is 0.